The molecule has 0 saturated carbocycles. The van der Waals surface area contributed by atoms with Gasteiger partial charge in [-0.1, -0.05) is 0 Å². The maximum absolute atomic E-state index is 7.99. The van der Waals surface area contributed by atoms with Gasteiger partial charge in [-0.05, 0) is 0 Å². The van der Waals surface area contributed by atoms with Gasteiger partial charge in [-0.25, -0.2) is 0 Å². The van der Waals surface area contributed by atoms with E-state index in [9.17, 15) is 0 Å². The summed E-state index contributed by atoms with van der Waals surface area (Å²) in [5.74, 6) is 0. The Morgan fingerprint density at radius 2 is 0.970 bits per heavy atom. The van der Waals surface area contributed by atoms with E-state index >= 15 is 0 Å². The first-order chi connectivity index (χ1) is 15.4. The first-order valence-corrected chi connectivity index (χ1v) is 18.6. The molecule has 2 aromatic heterocycles. The summed E-state index contributed by atoms with van der Waals surface area (Å²) in [7, 11) is 11.2. The maximum atomic E-state index is 7.99. The van der Waals surface area contributed by atoms with Crippen molar-refractivity contribution in [1.29, 1.82) is 0 Å². The van der Waals surface area contributed by atoms with Crippen LogP contribution in [0, 0.1) is 8.03 Å². The molecule has 0 spiro atoms. The van der Waals surface area contributed by atoms with Crippen molar-refractivity contribution in [1.82, 2.24) is 18.3 Å². The Hall–Kier alpha value is -1.51. The summed E-state index contributed by atoms with van der Waals surface area (Å²) in [6.07, 6.45) is 10.4. The Labute approximate surface area is 205 Å². The van der Waals surface area contributed by atoms with Crippen molar-refractivity contribution in [3.63, 3.8) is 0 Å². The quantitative estimate of drug-likeness (QED) is 0.273. The van der Waals surface area contributed by atoms with Gasteiger partial charge in [0.15, 0.2) is 0 Å². The van der Waals surface area contributed by atoms with E-state index in [2.05, 4.69) is 115 Å². The van der Waals surface area contributed by atoms with Gasteiger partial charge in [-0.15, -0.1) is 0 Å². The minimum atomic E-state index is -4.76. The van der Waals surface area contributed by atoms with E-state index in [-0.39, 0.29) is 24.2 Å². The summed E-state index contributed by atoms with van der Waals surface area (Å²) in [4.78, 5) is 0. The van der Waals surface area contributed by atoms with E-state index in [1.54, 1.807) is 0 Å². The molecule has 2 heterocycles. The summed E-state index contributed by atoms with van der Waals surface area (Å²) >= 11 is 0. The molecule has 0 saturated heterocycles. The van der Waals surface area contributed by atoms with Crippen LogP contribution in [0.3, 0.4) is 0 Å². The van der Waals surface area contributed by atoms with Crippen LogP contribution in [0.15, 0.2) is 55.1 Å². The van der Waals surface area contributed by atoms with Crippen LogP contribution in [0.25, 0.3) is 6.08 Å². The van der Waals surface area contributed by atoms with E-state index in [4.69, 9.17) is 19.4 Å². The van der Waals surface area contributed by atoms with Crippen LogP contribution in [0.1, 0.15) is 85.1 Å². The molecular formula is C26H38Cl2N4Ru. The van der Waals surface area contributed by atoms with E-state index in [1.165, 1.54) is 0 Å². The van der Waals surface area contributed by atoms with Gasteiger partial charge in [0, 0.05) is 0 Å². The van der Waals surface area contributed by atoms with Crippen molar-refractivity contribution >= 4 is 29.7 Å². The number of rotatable bonds is 5. The second-order valence-electron chi connectivity index (χ2n) is 9.49. The van der Waals surface area contributed by atoms with Crippen LogP contribution < -0.4 is 0 Å². The van der Waals surface area contributed by atoms with Gasteiger partial charge in [-0.3, -0.25) is 0 Å². The molecule has 0 amide bonds. The molecule has 0 aliphatic heterocycles. The van der Waals surface area contributed by atoms with Gasteiger partial charge in [0.05, 0.1) is 0 Å². The summed E-state index contributed by atoms with van der Waals surface area (Å²) in [5.41, 5.74) is 1.03. The van der Waals surface area contributed by atoms with Crippen LogP contribution in [0.4, 0.5) is 0 Å². The van der Waals surface area contributed by atoms with E-state index in [1.807, 2.05) is 24.3 Å². The molecule has 7 heteroatoms. The number of halogens is 2. The Morgan fingerprint density at radius 1 is 0.636 bits per heavy atom. The summed E-state index contributed by atoms with van der Waals surface area (Å²) < 4.78 is 14.5. The zero-order chi connectivity index (χ0) is 24.6. The third-order valence-electron chi connectivity index (χ3n) is 5.58. The molecule has 3 rings (SSSR count). The topological polar surface area (TPSA) is 19.7 Å². The van der Waals surface area contributed by atoms with Crippen molar-refractivity contribution in [2.75, 3.05) is 0 Å². The summed E-state index contributed by atoms with van der Waals surface area (Å²) in [5, 5.41) is 0. The molecule has 0 atom stereocenters. The van der Waals surface area contributed by atoms with Crippen LogP contribution in [0.2, 0.25) is 0 Å². The third-order valence-corrected chi connectivity index (χ3v) is 15.0. The van der Waals surface area contributed by atoms with Crippen molar-refractivity contribution in [2.45, 2.75) is 79.6 Å². The van der Waals surface area contributed by atoms with Gasteiger partial charge in [0.1, 0.15) is 0 Å². The molecule has 0 aliphatic carbocycles. The Morgan fingerprint density at radius 3 is 1.27 bits per heavy atom. The van der Waals surface area contributed by atoms with Crippen LogP contribution in [-0.2, 0) is 10.3 Å². The number of hydrogen-bond donors (Lipinski definition) is 0. The normalized spacial score (nSPS) is 13.6. The fraction of sp³-hybridized carbons (Fsp3) is 0.462. The molecule has 3 aromatic rings. The monoisotopic (exact) mass is 578 g/mol. The van der Waals surface area contributed by atoms with Gasteiger partial charge in [0.25, 0.3) is 0 Å². The molecule has 0 N–H and O–H groups in total. The molecule has 0 aliphatic rings. The van der Waals surface area contributed by atoms with Crippen LogP contribution in [-0.4, -0.2) is 22.5 Å². The SMILES string of the molecule is CC(C)n1ccn(C(C)C)[c]1=[Ru]([Cl])([Cl])(=[C]=Cc1ccccc1)=[c]1n(C(C)C)ccn1C(C)C. The average molecular weight is 579 g/mol. The molecule has 0 radical (unpaired) electrons. The van der Waals surface area contributed by atoms with Gasteiger partial charge in [-0.2, -0.15) is 0 Å². The molecule has 0 fully saturated rings. The van der Waals surface area contributed by atoms with Gasteiger partial charge in [0.2, 0.25) is 0 Å². The van der Waals surface area contributed by atoms with Crippen LogP contribution in [0.5, 0.6) is 0 Å². The number of hydrogen-bond acceptors (Lipinski definition) is 0. The number of aromatic nitrogens is 4. The molecular weight excluding hydrogens is 540 g/mol. The zero-order valence-corrected chi connectivity index (χ0v) is 24.2. The Kier molecular flexibility index (Phi) is 7.61. The zero-order valence-electron chi connectivity index (χ0n) is 21.0. The molecule has 0 unspecified atom stereocenters. The summed E-state index contributed by atoms with van der Waals surface area (Å²) in [6, 6.07) is 11.0. The first-order valence-electron chi connectivity index (χ1n) is 11.5. The Bertz CT molecular complexity index is 1350. The predicted molar refractivity (Wildman–Crippen MR) is 140 cm³/mol. The molecule has 33 heavy (non-hydrogen) atoms. The fourth-order valence-corrected chi connectivity index (χ4v) is 14.5. The van der Waals surface area contributed by atoms with Gasteiger partial charge < -0.3 is 0 Å². The fourth-order valence-electron chi connectivity index (χ4n) is 3.81. The minimum absolute atomic E-state index is 0.199. The molecule has 184 valence electrons. The molecule has 1 aromatic carbocycles. The van der Waals surface area contributed by atoms with E-state index < -0.39 is 10.3 Å². The molecule has 0 bridgehead atoms. The van der Waals surface area contributed by atoms with Crippen molar-refractivity contribution in [3.05, 3.63) is 68.7 Å². The first kappa shape index (κ1) is 26.1. The number of benzene rings is 1. The van der Waals surface area contributed by atoms with Crippen molar-refractivity contribution < 1.29 is 10.3 Å². The molecule has 4 nitrogen and oxygen atoms in total. The van der Waals surface area contributed by atoms with Gasteiger partial charge >= 0.3 is 207 Å². The van der Waals surface area contributed by atoms with Crippen molar-refractivity contribution in [3.8, 4) is 0 Å². The summed E-state index contributed by atoms with van der Waals surface area (Å²) in [6.45, 7) is 17.4. The Balaban J connectivity index is 3.02. The standard InChI is InChI=1S/2C9H16N2.C8H6.2ClH.Ru/c2*1-8(2)10-5-6-11(7-10)9(3)4;1-2-8-6-4-3-5-7-8;;;/h2*5-6,8-9H,1-4H3;2-7H;2*1H;/q;;;;;+2/p-2. The average Bonchev–Trinajstić information content (AvgIpc) is 3.40. The van der Waals surface area contributed by atoms with Crippen LogP contribution >= 0.6 is 19.4 Å². The number of nitrogens with zero attached hydrogens (tertiary/aromatic N) is 4. The second kappa shape index (κ2) is 9.63. The third kappa shape index (κ3) is 4.84. The van der Waals surface area contributed by atoms with Crippen molar-refractivity contribution in [2.24, 2.45) is 0 Å². The van der Waals surface area contributed by atoms with E-state index in [0.717, 1.165) is 13.6 Å². The number of imidazole rings is 2. The van der Waals surface area contributed by atoms with E-state index in [0.29, 0.717) is 0 Å². The predicted octanol–water partition coefficient (Wildman–Crippen LogP) is 8.09. The second-order valence-corrected chi connectivity index (χ2v) is 22.2.